The fraction of sp³-hybridized carbons (Fsp3) is 0.259. The smallest absolute Gasteiger partial charge is 0.341 e. The van der Waals surface area contributed by atoms with Gasteiger partial charge in [-0.05, 0) is 60.9 Å². The number of para-hydroxylation sites is 1. The number of amides is 1. The van der Waals surface area contributed by atoms with E-state index in [0.717, 1.165) is 40.4 Å². The van der Waals surface area contributed by atoms with Gasteiger partial charge in [-0.2, -0.15) is 0 Å². The molecule has 0 spiro atoms. The summed E-state index contributed by atoms with van der Waals surface area (Å²) in [4.78, 5) is 29.0. The molecule has 5 nitrogen and oxygen atoms in total. The molecule has 2 heterocycles. The summed E-state index contributed by atoms with van der Waals surface area (Å²) < 4.78 is 5.36. The van der Waals surface area contributed by atoms with E-state index < -0.39 is 5.97 Å². The summed E-state index contributed by atoms with van der Waals surface area (Å²) in [5.74, 6) is -0.571. The van der Waals surface area contributed by atoms with Crippen LogP contribution in [0.4, 0.5) is 5.00 Å². The molecule has 0 radical (unpaired) electrons. The molecule has 168 valence electrons. The van der Waals surface area contributed by atoms with E-state index in [9.17, 15) is 9.59 Å². The maximum absolute atomic E-state index is 12.9. The predicted octanol–water partition coefficient (Wildman–Crippen LogP) is 6.13. The first-order valence-corrected chi connectivity index (χ1v) is 12.3. The van der Waals surface area contributed by atoms with Crippen LogP contribution < -0.4 is 5.32 Å². The average molecular weight is 459 g/mol. The van der Waals surface area contributed by atoms with Crippen LogP contribution in [0.3, 0.4) is 0 Å². The summed E-state index contributed by atoms with van der Waals surface area (Å²) >= 11 is 1.37. The van der Waals surface area contributed by atoms with Crippen molar-refractivity contribution in [2.45, 2.75) is 39.0 Å². The number of anilines is 1. The molecule has 1 aliphatic carbocycles. The number of benzene rings is 2. The molecule has 2 aromatic carbocycles. The second-order valence-electron chi connectivity index (χ2n) is 8.35. The summed E-state index contributed by atoms with van der Waals surface area (Å²) in [6.45, 7) is 2.07. The Bertz CT molecular complexity index is 1330. The van der Waals surface area contributed by atoms with E-state index in [4.69, 9.17) is 4.74 Å². The topological polar surface area (TPSA) is 71.2 Å². The number of fused-ring (bicyclic) bond motifs is 2. The maximum atomic E-state index is 12.9. The molecule has 2 aromatic heterocycles. The van der Waals surface area contributed by atoms with Crippen molar-refractivity contribution >= 4 is 39.1 Å². The lowest BCUT2D eigenvalue weighted by Gasteiger charge is -2.17. The van der Waals surface area contributed by atoms with Gasteiger partial charge < -0.3 is 15.0 Å². The van der Waals surface area contributed by atoms with Crippen molar-refractivity contribution in [3.8, 4) is 11.1 Å². The number of H-pyrrole nitrogens is 1. The number of aromatic amines is 1. The van der Waals surface area contributed by atoms with Crippen LogP contribution in [-0.4, -0.2) is 23.5 Å². The van der Waals surface area contributed by atoms with Crippen LogP contribution in [0.5, 0.6) is 0 Å². The predicted molar refractivity (Wildman–Crippen MR) is 133 cm³/mol. The molecule has 0 saturated heterocycles. The molecule has 0 unspecified atom stereocenters. The SMILES string of the molecule is CCOC(=O)c1c(-c2ccc3c(c2)CCCC3)csc1NC(=O)Cc1c[nH]c2ccccc12. The molecule has 0 aliphatic heterocycles. The standard InChI is InChI=1S/C27H26N2O3S/c1-2-32-27(31)25-22(19-12-11-17-7-3-4-8-18(17)13-19)16-33-26(25)29-24(30)14-20-15-28-23-10-6-5-9-21(20)23/h5-6,9-13,15-16,28H,2-4,7-8,14H2,1H3,(H,29,30). The van der Waals surface area contributed by atoms with Gasteiger partial charge in [-0.3, -0.25) is 4.79 Å². The van der Waals surface area contributed by atoms with Gasteiger partial charge in [0.25, 0.3) is 0 Å². The molecule has 0 fully saturated rings. The Morgan fingerprint density at radius 2 is 1.91 bits per heavy atom. The van der Waals surface area contributed by atoms with Crippen LogP contribution in [0.25, 0.3) is 22.0 Å². The summed E-state index contributed by atoms with van der Waals surface area (Å²) in [5.41, 5.74) is 6.91. The molecule has 0 saturated carbocycles. The summed E-state index contributed by atoms with van der Waals surface area (Å²) in [7, 11) is 0. The van der Waals surface area contributed by atoms with Gasteiger partial charge in [0.2, 0.25) is 5.91 Å². The van der Waals surface area contributed by atoms with Gasteiger partial charge in [0.05, 0.1) is 13.0 Å². The van der Waals surface area contributed by atoms with Crippen LogP contribution in [0.15, 0.2) is 54.0 Å². The molecule has 4 aromatic rings. The third kappa shape index (κ3) is 4.31. The van der Waals surface area contributed by atoms with Crippen molar-refractivity contribution < 1.29 is 14.3 Å². The number of esters is 1. The third-order valence-electron chi connectivity index (χ3n) is 6.21. The van der Waals surface area contributed by atoms with E-state index in [1.165, 1.54) is 35.3 Å². The minimum absolute atomic E-state index is 0.163. The highest BCUT2D eigenvalue weighted by molar-refractivity contribution is 7.15. The van der Waals surface area contributed by atoms with E-state index >= 15 is 0 Å². The number of hydrogen-bond donors (Lipinski definition) is 2. The van der Waals surface area contributed by atoms with Crippen molar-refractivity contribution in [1.82, 2.24) is 4.98 Å². The van der Waals surface area contributed by atoms with Gasteiger partial charge in [-0.25, -0.2) is 4.79 Å². The largest absolute Gasteiger partial charge is 0.462 e. The van der Waals surface area contributed by atoms with Crippen molar-refractivity contribution in [3.63, 3.8) is 0 Å². The number of nitrogens with one attached hydrogen (secondary N) is 2. The Hall–Kier alpha value is -3.38. The fourth-order valence-electron chi connectivity index (χ4n) is 4.59. The second-order valence-corrected chi connectivity index (χ2v) is 9.23. The lowest BCUT2D eigenvalue weighted by Crippen LogP contribution is -2.16. The van der Waals surface area contributed by atoms with E-state index in [-0.39, 0.29) is 18.9 Å². The zero-order valence-corrected chi connectivity index (χ0v) is 19.4. The zero-order valence-electron chi connectivity index (χ0n) is 18.6. The lowest BCUT2D eigenvalue weighted by atomic mass is 9.89. The second kappa shape index (κ2) is 9.24. The Balaban J connectivity index is 1.44. The molecule has 5 rings (SSSR count). The first kappa shape index (κ1) is 21.5. The number of aromatic nitrogens is 1. The Morgan fingerprint density at radius 3 is 2.76 bits per heavy atom. The highest BCUT2D eigenvalue weighted by Crippen LogP contribution is 2.38. The first-order valence-electron chi connectivity index (χ1n) is 11.4. The third-order valence-corrected chi connectivity index (χ3v) is 7.10. The highest BCUT2D eigenvalue weighted by Gasteiger charge is 2.24. The molecular formula is C27H26N2O3S. The molecule has 2 N–H and O–H groups in total. The molecule has 6 heteroatoms. The number of hydrogen-bond acceptors (Lipinski definition) is 4. The number of carbonyl (C=O) groups is 2. The minimum atomic E-state index is -0.408. The normalized spacial score (nSPS) is 13.0. The van der Waals surface area contributed by atoms with Crippen LogP contribution in [0.1, 0.15) is 46.8 Å². The van der Waals surface area contributed by atoms with Crippen LogP contribution >= 0.6 is 11.3 Å². The summed E-state index contributed by atoms with van der Waals surface area (Å²) in [5, 5.41) is 6.47. The molecule has 33 heavy (non-hydrogen) atoms. The van der Waals surface area contributed by atoms with Crippen molar-refractivity contribution in [2.75, 3.05) is 11.9 Å². The lowest BCUT2D eigenvalue weighted by molar-refractivity contribution is -0.115. The van der Waals surface area contributed by atoms with E-state index in [2.05, 4.69) is 28.5 Å². The van der Waals surface area contributed by atoms with Crippen LogP contribution in [0, 0.1) is 0 Å². The molecule has 1 amide bonds. The zero-order chi connectivity index (χ0) is 22.8. The quantitative estimate of drug-likeness (QED) is 0.341. The maximum Gasteiger partial charge on any atom is 0.341 e. The van der Waals surface area contributed by atoms with Crippen LogP contribution in [-0.2, 0) is 28.8 Å². The number of aryl methyl sites for hydroxylation is 2. The van der Waals surface area contributed by atoms with Crippen molar-refractivity contribution in [3.05, 3.63) is 76.3 Å². The van der Waals surface area contributed by atoms with Crippen LogP contribution in [0.2, 0.25) is 0 Å². The van der Waals surface area contributed by atoms with Gasteiger partial charge in [-0.15, -0.1) is 11.3 Å². The Kier molecular flexibility index (Phi) is 6.01. The molecule has 0 bridgehead atoms. The fourth-order valence-corrected chi connectivity index (χ4v) is 5.56. The van der Waals surface area contributed by atoms with E-state index in [1.807, 2.05) is 35.8 Å². The molecule has 0 atom stereocenters. The Labute approximate surface area is 196 Å². The summed E-state index contributed by atoms with van der Waals surface area (Å²) in [6, 6.07) is 14.3. The van der Waals surface area contributed by atoms with Gasteiger partial charge >= 0.3 is 5.97 Å². The summed E-state index contributed by atoms with van der Waals surface area (Å²) in [6.07, 6.45) is 6.68. The minimum Gasteiger partial charge on any atom is -0.462 e. The first-order chi connectivity index (χ1) is 16.1. The molecule has 1 aliphatic rings. The highest BCUT2D eigenvalue weighted by atomic mass is 32.1. The van der Waals surface area contributed by atoms with Gasteiger partial charge in [0.1, 0.15) is 10.6 Å². The molecular weight excluding hydrogens is 432 g/mol. The number of thiophene rings is 1. The average Bonchev–Trinajstić information content (AvgIpc) is 3.43. The van der Waals surface area contributed by atoms with Crippen molar-refractivity contribution in [2.24, 2.45) is 0 Å². The Morgan fingerprint density at radius 1 is 1.09 bits per heavy atom. The van der Waals surface area contributed by atoms with E-state index in [1.54, 1.807) is 6.92 Å². The van der Waals surface area contributed by atoms with Crippen molar-refractivity contribution in [1.29, 1.82) is 0 Å². The number of ether oxygens (including phenoxy) is 1. The number of carbonyl (C=O) groups excluding carboxylic acids is 2. The number of rotatable bonds is 6. The van der Waals surface area contributed by atoms with Gasteiger partial charge in [0.15, 0.2) is 0 Å². The van der Waals surface area contributed by atoms with Gasteiger partial charge in [0, 0.05) is 28.0 Å². The van der Waals surface area contributed by atoms with Gasteiger partial charge in [-0.1, -0.05) is 36.4 Å². The van der Waals surface area contributed by atoms with E-state index in [0.29, 0.717) is 10.6 Å². The monoisotopic (exact) mass is 458 g/mol.